The fourth-order valence-electron chi connectivity index (χ4n) is 3.97. The van der Waals surface area contributed by atoms with Crippen LogP contribution in [-0.4, -0.2) is 50.4 Å². The zero-order chi connectivity index (χ0) is 23.6. The molecule has 0 unspecified atom stereocenters. The standard InChI is InChI=1S/C23H35N5O3Si2/c1-32(2,3)29-14-19-18(31-33(4,5)6)12-20(30-19)28-16-27-21-22(25-15-26-23(21)28)24-13-17-10-8-7-9-11-17/h7-11,15-16,18-20H,12-14H2,1-6H3,(H,24,25,26)/p+1/t18-,19+,20+/m0/s1. The summed E-state index contributed by atoms with van der Waals surface area (Å²) in [4.78, 5) is 12.4. The number of imidazole rings is 1. The van der Waals surface area contributed by atoms with Gasteiger partial charge in [-0.25, -0.2) is 4.57 Å². The smallest absolute Gasteiger partial charge is 0.309 e. The molecule has 4 rings (SSSR count). The number of anilines is 1. The summed E-state index contributed by atoms with van der Waals surface area (Å²) in [5.74, 6) is 0.772. The minimum atomic E-state index is -1.74. The highest BCUT2D eigenvalue weighted by molar-refractivity contribution is 6.70. The Balaban J connectivity index is 1.53. The van der Waals surface area contributed by atoms with Gasteiger partial charge in [-0.05, 0) is 44.8 Å². The molecule has 8 nitrogen and oxygen atoms in total. The summed E-state index contributed by atoms with van der Waals surface area (Å²) in [5, 5.41) is 3.42. The van der Waals surface area contributed by atoms with Crippen LogP contribution in [0.2, 0.25) is 39.3 Å². The number of ether oxygens (including phenoxy) is 1. The van der Waals surface area contributed by atoms with Crippen molar-refractivity contribution in [2.45, 2.75) is 70.7 Å². The molecule has 0 bridgehead atoms. The lowest BCUT2D eigenvalue weighted by molar-refractivity contribution is -0.738. The van der Waals surface area contributed by atoms with Crippen LogP contribution in [0.25, 0.3) is 11.2 Å². The van der Waals surface area contributed by atoms with Crippen LogP contribution in [0.3, 0.4) is 0 Å². The van der Waals surface area contributed by atoms with E-state index in [1.54, 1.807) is 6.33 Å². The SMILES string of the molecule is C[Si](C)(C)OC[C@H]1O[C@@H]([n+]2c[nH]c3c(NCc4ccccc4)ncnc32)C[C@@H]1O[Si](C)(C)C. The molecule has 10 heteroatoms. The Morgan fingerprint density at radius 1 is 1.09 bits per heavy atom. The van der Waals surface area contributed by atoms with Crippen molar-refractivity contribution in [1.82, 2.24) is 15.0 Å². The Kier molecular flexibility index (Phi) is 7.01. The molecule has 0 radical (unpaired) electrons. The van der Waals surface area contributed by atoms with E-state index >= 15 is 0 Å². The molecule has 1 saturated heterocycles. The summed E-state index contributed by atoms with van der Waals surface area (Å²) in [6.45, 7) is 14.5. The number of benzene rings is 1. The number of H-pyrrole nitrogens is 1. The molecule has 1 aromatic carbocycles. The molecule has 2 N–H and O–H groups in total. The van der Waals surface area contributed by atoms with Crippen LogP contribution < -0.4 is 9.88 Å². The molecule has 3 aromatic rings. The number of hydrogen-bond donors (Lipinski definition) is 2. The van der Waals surface area contributed by atoms with Gasteiger partial charge in [0.05, 0.1) is 12.7 Å². The van der Waals surface area contributed by atoms with Crippen LogP contribution in [0.5, 0.6) is 0 Å². The second-order valence-corrected chi connectivity index (χ2v) is 19.5. The molecule has 1 fully saturated rings. The first-order chi connectivity index (χ1) is 15.6. The van der Waals surface area contributed by atoms with Crippen molar-refractivity contribution >= 4 is 33.6 Å². The van der Waals surface area contributed by atoms with E-state index < -0.39 is 16.6 Å². The lowest BCUT2D eigenvalue weighted by Gasteiger charge is -2.28. The average molecular weight is 487 g/mol. The lowest BCUT2D eigenvalue weighted by Crippen LogP contribution is -2.40. The molecule has 178 valence electrons. The number of fused-ring (bicyclic) bond motifs is 1. The molecule has 2 aromatic heterocycles. The van der Waals surface area contributed by atoms with Crippen LogP contribution >= 0.6 is 0 Å². The van der Waals surface area contributed by atoms with E-state index in [-0.39, 0.29) is 18.4 Å². The minimum absolute atomic E-state index is 0.00739. The van der Waals surface area contributed by atoms with Crippen molar-refractivity contribution in [1.29, 1.82) is 0 Å². The quantitative estimate of drug-likeness (QED) is 0.348. The summed E-state index contributed by atoms with van der Waals surface area (Å²) in [7, 11) is -3.39. The number of aromatic nitrogens is 4. The maximum Gasteiger partial charge on any atom is 0.309 e. The van der Waals surface area contributed by atoms with Gasteiger partial charge >= 0.3 is 5.65 Å². The third-order valence-electron chi connectivity index (χ3n) is 5.40. The topological polar surface area (TPSA) is 85.2 Å². The van der Waals surface area contributed by atoms with Crippen molar-refractivity contribution in [2.75, 3.05) is 11.9 Å². The van der Waals surface area contributed by atoms with Gasteiger partial charge < -0.3 is 18.9 Å². The number of nitrogens with one attached hydrogen (secondary N) is 2. The van der Waals surface area contributed by atoms with E-state index in [2.05, 4.69) is 76.3 Å². The van der Waals surface area contributed by atoms with E-state index in [0.29, 0.717) is 13.2 Å². The second-order valence-electron chi connectivity index (χ2n) is 10.5. The molecular weight excluding hydrogens is 450 g/mol. The normalized spacial score (nSPS) is 21.6. The zero-order valence-electron chi connectivity index (χ0n) is 20.5. The molecule has 3 atom stereocenters. The molecule has 1 aliphatic heterocycles. The molecule has 33 heavy (non-hydrogen) atoms. The van der Waals surface area contributed by atoms with Gasteiger partial charge in [-0.1, -0.05) is 35.3 Å². The molecule has 0 spiro atoms. The molecule has 0 aliphatic carbocycles. The number of rotatable bonds is 9. The van der Waals surface area contributed by atoms with Crippen LogP contribution in [0.4, 0.5) is 5.82 Å². The second kappa shape index (κ2) is 9.63. The van der Waals surface area contributed by atoms with Gasteiger partial charge in [0.1, 0.15) is 6.10 Å². The minimum Gasteiger partial charge on any atom is -0.415 e. The maximum absolute atomic E-state index is 6.51. The van der Waals surface area contributed by atoms with Gasteiger partial charge in [0.15, 0.2) is 41.3 Å². The van der Waals surface area contributed by atoms with E-state index in [0.717, 1.165) is 23.4 Å². The highest BCUT2D eigenvalue weighted by Gasteiger charge is 2.42. The van der Waals surface area contributed by atoms with E-state index in [9.17, 15) is 0 Å². The molecule has 1 aliphatic rings. The molecule has 0 saturated carbocycles. The van der Waals surface area contributed by atoms with E-state index in [4.69, 9.17) is 13.6 Å². The summed E-state index contributed by atoms with van der Waals surface area (Å²) in [5.41, 5.74) is 2.87. The van der Waals surface area contributed by atoms with E-state index in [1.165, 1.54) is 5.56 Å². The molecule has 3 heterocycles. The number of hydrogen-bond acceptors (Lipinski definition) is 6. The monoisotopic (exact) mass is 486 g/mol. The van der Waals surface area contributed by atoms with Gasteiger partial charge in [0, 0.05) is 13.0 Å². The highest BCUT2D eigenvalue weighted by atomic mass is 28.4. The van der Waals surface area contributed by atoms with Crippen LogP contribution in [0.1, 0.15) is 18.2 Å². The van der Waals surface area contributed by atoms with Gasteiger partial charge in [0.25, 0.3) is 0 Å². The fraction of sp³-hybridized carbons (Fsp3) is 0.522. The Bertz CT molecular complexity index is 1070. The van der Waals surface area contributed by atoms with Gasteiger partial charge in [-0.2, -0.15) is 4.98 Å². The molecule has 0 amide bonds. The van der Waals surface area contributed by atoms with Crippen LogP contribution in [-0.2, 0) is 20.1 Å². The van der Waals surface area contributed by atoms with E-state index in [1.807, 2.05) is 24.5 Å². The van der Waals surface area contributed by atoms with Gasteiger partial charge in [-0.15, -0.1) is 0 Å². The summed E-state index contributed by atoms with van der Waals surface area (Å²) >= 11 is 0. The summed E-state index contributed by atoms with van der Waals surface area (Å²) in [6.07, 6.45) is 4.02. The van der Waals surface area contributed by atoms with Crippen molar-refractivity contribution in [2.24, 2.45) is 0 Å². The Morgan fingerprint density at radius 3 is 2.55 bits per heavy atom. The first-order valence-electron chi connectivity index (χ1n) is 11.6. The van der Waals surface area contributed by atoms with Crippen LogP contribution in [0.15, 0.2) is 43.0 Å². The third kappa shape index (κ3) is 6.27. The highest BCUT2D eigenvalue weighted by Crippen LogP contribution is 2.31. The molecular formula is C23H36N5O3Si2+. The van der Waals surface area contributed by atoms with Gasteiger partial charge in [0.2, 0.25) is 5.52 Å². The number of nitrogens with zero attached hydrogens (tertiary/aromatic N) is 3. The Labute approximate surface area is 198 Å². The first kappa shape index (κ1) is 24.0. The van der Waals surface area contributed by atoms with Crippen molar-refractivity contribution < 1.29 is 18.2 Å². The number of aromatic amines is 1. The Hall–Kier alpha value is -2.12. The predicted molar refractivity (Wildman–Crippen MR) is 134 cm³/mol. The maximum atomic E-state index is 6.51. The van der Waals surface area contributed by atoms with Crippen molar-refractivity contribution in [3.8, 4) is 0 Å². The van der Waals surface area contributed by atoms with Crippen molar-refractivity contribution in [3.05, 3.63) is 48.5 Å². The Morgan fingerprint density at radius 2 is 1.85 bits per heavy atom. The van der Waals surface area contributed by atoms with Gasteiger partial charge in [-0.3, -0.25) is 4.98 Å². The summed E-state index contributed by atoms with van der Waals surface area (Å²) in [6, 6.07) is 10.3. The summed E-state index contributed by atoms with van der Waals surface area (Å²) < 4.78 is 21.3. The predicted octanol–water partition coefficient (Wildman–Crippen LogP) is 4.22. The largest absolute Gasteiger partial charge is 0.415 e. The zero-order valence-corrected chi connectivity index (χ0v) is 22.5. The lowest BCUT2D eigenvalue weighted by atomic mass is 10.2. The first-order valence-corrected chi connectivity index (χ1v) is 18.4. The van der Waals surface area contributed by atoms with Crippen molar-refractivity contribution in [3.63, 3.8) is 0 Å². The van der Waals surface area contributed by atoms with Crippen LogP contribution in [0, 0.1) is 0 Å². The average Bonchev–Trinajstić information content (AvgIpc) is 3.34. The third-order valence-corrected chi connectivity index (χ3v) is 7.44. The fourth-order valence-corrected chi connectivity index (χ4v) is 5.79.